The van der Waals surface area contributed by atoms with E-state index in [1.54, 1.807) is 6.20 Å². The predicted molar refractivity (Wildman–Crippen MR) is 164 cm³/mol. The summed E-state index contributed by atoms with van der Waals surface area (Å²) >= 11 is 0. The topological polar surface area (TPSA) is 38.9 Å². The molecule has 3 heterocycles. The molecule has 3 aromatic heterocycles. The lowest BCUT2D eigenvalue weighted by Gasteiger charge is -2.15. The summed E-state index contributed by atoms with van der Waals surface area (Å²) in [6.07, 6.45) is 3.68. The van der Waals surface area contributed by atoms with Gasteiger partial charge in [-0.2, -0.15) is 0 Å². The van der Waals surface area contributed by atoms with E-state index in [1.807, 2.05) is 30.5 Å². The zero-order valence-corrected chi connectivity index (χ0v) is 22.1. The summed E-state index contributed by atoms with van der Waals surface area (Å²) in [5.74, 6) is 0.773. The molecule has 3 heteroatoms. The summed E-state index contributed by atoms with van der Waals surface area (Å²) in [7, 11) is 0. The molecule has 0 aliphatic heterocycles. The van der Waals surface area contributed by atoms with Crippen LogP contribution in [0, 0.1) is 6.92 Å². The van der Waals surface area contributed by atoms with E-state index in [0.717, 1.165) is 44.8 Å². The van der Waals surface area contributed by atoms with E-state index in [0.29, 0.717) is 0 Å². The van der Waals surface area contributed by atoms with Crippen LogP contribution < -0.4 is 0 Å². The van der Waals surface area contributed by atoms with Crippen molar-refractivity contribution in [2.24, 2.45) is 0 Å². The van der Waals surface area contributed by atoms with E-state index in [2.05, 4.69) is 115 Å². The van der Waals surface area contributed by atoms with Gasteiger partial charge in [-0.1, -0.05) is 84.9 Å². The fourth-order valence-electron chi connectivity index (χ4n) is 5.37. The van der Waals surface area contributed by atoms with Crippen LogP contribution in [0.2, 0.25) is 0 Å². The number of nitrogens with zero attached hydrogens (tertiary/aromatic N) is 2. The molecular formula is C37H26N2O. The zero-order chi connectivity index (χ0) is 26.9. The molecule has 190 valence electrons. The Morgan fingerprint density at radius 1 is 0.475 bits per heavy atom. The first-order valence-corrected chi connectivity index (χ1v) is 13.4. The van der Waals surface area contributed by atoms with Crippen LogP contribution in [0.1, 0.15) is 5.56 Å². The molecule has 0 bridgehead atoms. The Bertz CT molecular complexity index is 1940. The molecule has 0 radical (unpaired) electrons. The van der Waals surface area contributed by atoms with Crippen LogP contribution in [0.25, 0.3) is 67.1 Å². The van der Waals surface area contributed by atoms with Crippen molar-refractivity contribution in [3.05, 3.63) is 145 Å². The smallest absolute Gasteiger partial charge is 0.153 e. The summed E-state index contributed by atoms with van der Waals surface area (Å²) in [4.78, 5) is 9.24. The third-order valence-corrected chi connectivity index (χ3v) is 7.44. The van der Waals surface area contributed by atoms with Gasteiger partial charge < -0.3 is 4.42 Å². The third-order valence-electron chi connectivity index (χ3n) is 7.44. The highest BCUT2D eigenvalue weighted by Crippen LogP contribution is 2.40. The molecule has 4 aromatic carbocycles. The Hall–Kier alpha value is -5.28. The van der Waals surface area contributed by atoms with Crippen molar-refractivity contribution in [3.63, 3.8) is 0 Å². The van der Waals surface area contributed by atoms with Crippen molar-refractivity contribution in [1.82, 2.24) is 9.97 Å². The first-order chi connectivity index (χ1) is 19.7. The maximum atomic E-state index is 6.22. The van der Waals surface area contributed by atoms with Gasteiger partial charge in [0.2, 0.25) is 0 Å². The Balaban J connectivity index is 1.39. The van der Waals surface area contributed by atoms with Gasteiger partial charge in [-0.05, 0) is 88.3 Å². The normalized spacial score (nSPS) is 11.1. The number of pyridine rings is 2. The van der Waals surface area contributed by atoms with Crippen LogP contribution in [-0.2, 0) is 0 Å². The number of furan rings is 1. The molecule has 7 rings (SSSR count). The number of fused-ring (bicyclic) bond motifs is 1. The molecule has 0 saturated carbocycles. The highest BCUT2D eigenvalue weighted by Gasteiger charge is 2.17. The van der Waals surface area contributed by atoms with E-state index in [9.17, 15) is 0 Å². The van der Waals surface area contributed by atoms with Crippen molar-refractivity contribution in [1.29, 1.82) is 0 Å². The summed E-state index contributed by atoms with van der Waals surface area (Å²) in [5, 5.41) is 1.09. The van der Waals surface area contributed by atoms with E-state index in [1.165, 1.54) is 27.8 Å². The van der Waals surface area contributed by atoms with Crippen LogP contribution >= 0.6 is 0 Å². The molecule has 0 fully saturated rings. The second-order valence-electron chi connectivity index (χ2n) is 9.90. The average molecular weight is 515 g/mol. The molecule has 0 N–H and O–H groups in total. The maximum absolute atomic E-state index is 6.22. The van der Waals surface area contributed by atoms with Crippen molar-refractivity contribution in [2.75, 3.05) is 0 Å². The monoisotopic (exact) mass is 514 g/mol. The number of aryl methyl sites for hydroxylation is 1. The van der Waals surface area contributed by atoms with Crippen LogP contribution in [-0.4, -0.2) is 9.97 Å². The number of hydrogen-bond donors (Lipinski definition) is 0. The van der Waals surface area contributed by atoms with Gasteiger partial charge in [0.25, 0.3) is 0 Å². The van der Waals surface area contributed by atoms with Gasteiger partial charge in [-0.15, -0.1) is 0 Å². The van der Waals surface area contributed by atoms with Crippen molar-refractivity contribution in [3.8, 4) is 56.1 Å². The molecule has 0 unspecified atom stereocenters. The van der Waals surface area contributed by atoms with E-state index in [4.69, 9.17) is 9.40 Å². The standard InChI is InChI=1S/C37H26N2O/c1-25-30(17-18-36-32(25)24-37(40-36)34-14-8-9-20-38-34)33-22-29(15-16-31(33)27-12-6-3-7-13-27)35-23-28(19-21-39-35)26-10-4-2-5-11-26/h2-24H,1H3. The van der Waals surface area contributed by atoms with Gasteiger partial charge in [0, 0.05) is 23.3 Å². The number of hydrogen-bond acceptors (Lipinski definition) is 3. The fraction of sp³-hybridized carbons (Fsp3) is 0.0270. The Morgan fingerprint density at radius 2 is 1.20 bits per heavy atom. The zero-order valence-electron chi connectivity index (χ0n) is 22.1. The van der Waals surface area contributed by atoms with E-state index in [-0.39, 0.29) is 0 Å². The lowest BCUT2D eigenvalue weighted by atomic mass is 9.89. The third kappa shape index (κ3) is 4.38. The molecule has 0 atom stereocenters. The summed E-state index contributed by atoms with van der Waals surface area (Å²) in [5.41, 5.74) is 11.9. The van der Waals surface area contributed by atoms with Gasteiger partial charge in [0.15, 0.2) is 5.76 Å². The first kappa shape index (κ1) is 23.8. The summed E-state index contributed by atoms with van der Waals surface area (Å²) in [6.45, 7) is 2.17. The number of benzene rings is 4. The van der Waals surface area contributed by atoms with Crippen LogP contribution in [0.5, 0.6) is 0 Å². The molecular weight excluding hydrogens is 488 g/mol. The Kier molecular flexibility index (Phi) is 6.02. The Labute approximate surface area is 233 Å². The second-order valence-corrected chi connectivity index (χ2v) is 9.90. The van der Waals surface area contributed by atoms with Crippen molar-refractivity contribution < 1.29 is 4.42 Å². The molecule has 0 aliphatic rings. The maximum Gasteiger partial charge on any atom is 0.153 e. The summed E-state index contributed by atoms with van der Waals surface area (Å²) in [6, 6.07) is 44.1. The second kappa shape index (κ2) is 10.1. The average Bonchev–Trinajstić information content (AvgIpc) is 3.48. The number of rotatable bonds is 5. The van der Waals surface area contributed by atoms with E-state index < -0.39 is 0 Å². The van der Waals surface area contributed by atoms with E-state index >= 15 is 0 Å². The largest absolute Gasteiger partial charge is 0.454 e. The van der Waals surface area contributed by atoms with Crippen LogP contribution in [0.15, 0.2) is 144 Å². The van der Waals surface area contributed by atoms with Crippen molar-refractivity contribution in [2.45, 2.75) is 6.92 Å². The molecule has 0 aliphatic carbocycles. The molecule has 40 heavy (non-hydrogen) atoms. The Morgan fingerprint density at radius 3 is 1.98 bits per heavy atom. The molecule has 0 saturated heterocycles. The van der Waals surface area contributed by atoms with Crippen molar-refractivity contribution >= 4 is 11.0 Å². The van der Waals surface area contributed by atoms with Gasteiger partial charge in [-0.25, -0.2) is 0 Å². The minimum atomic E-state index is 0.773. The molecule has 0 amide bonds. The van der Waals surface area contributed by atoms with Crippen LogP contribution in [0.3, 0.4) is 0 Å². The molecule has 3 nitrogen and oxygen atoms in total. The van der Waals surface area contributed by atoms with Gasteiger partial charge in [-0.3, -0.25) is 9.97 Å². The highest BCUT2D eigenvalue weighted by atomic mass is 16.3. The summed E-state index contributed by atoms with van der Waals surface area (Å²) < 4.78 is 6.22. The fourth-order valence-corrected chi connectivity index (χ4v) is 5.37. The lowest BCUT2D eigenvalue weighted by molar-refractivity contribution is 0.628. The quantitative estimate of drug-likeness (QED) is 0.229. The predicted octanol–water partition coefficient (Wildman–Crippen LogP) is 9.87. The highest BCUT2D eigenvalue weighted by molar-refractivity contribution is 5.95. The SMILES string of the molecule is Cc1c(-c2cc(-c3cc(-c4ccccc4)ccn3)ccc2-c2ccccc2)ccc2oc(-c3ccccn3)cc12. The minimum Gasteiger partial charge on any atom is -0.454 e. The lowest BCUT2D eigenvalue weighted by Crippen LogP contribution is -1.92. The van der Waals surface area contributed by atoms with Crippen LogP contribution in [0.4, 0.5) is 0 Å². The minimum absolute atomic E-state index is 0.773. The molecule has 7 aromatic rings. The molecule has 0 spiro atoms. The van der Waals surface area contributed by atoms with Gasteiger partial charge in [0.1, 0.15) is 11.3 Å². The van der Waals surface area contributed by atoms with Gasteiger partial charge in [0.05, 0.1) is 5.69 Å². The van der Waals surface area contributed by atoms with Gasteiger partial charge >= 0.3 is 0 Å². The first-order valence-electron chi connectivity index (χ1n) is 13.4. The number of aromatic nitrogens is 2.